The number of ether oxygens (including phenoxy) is 1. The molecular weight excluding hydrogens is 283 g/mol. The van der Waals surface area contributed by atoms with Gasteiger partial charge >= 0.3 is 6.18 Å². The van der Waals surface area contributed by atoms with E-state index in [4.69, 9.17) is 4.74 Å². The Balaban J connectivity index is 2.58. The Bertz CT molecular complexity index is 625. The molecule has 0 saturated carbocycles. The van der Waals surface area contributed by atoms with Crippen molar-refractivity contribution >= 4 is 0 Å². The monoisotopic (exact) mass is 290 g/mol. The standard InChI is InChI=1S/C12H7F5N2O/c1-20-6-4-18-11(19-5-6)7-2-3-8(13)9(10(7)14)12(15,16)17/h2-5H,1H3. The molecule has 8 heteroatoms. The number of nitrogens with zero attached hydrogens (tertiary/aromatic N) is 2. The van der Waals surface area contributed by atoms with Crippen LogP contribution in [0.25, 0.3) is 11.4 Å². The maximum Gasteiger partial charge on any atom is 0.422 e. The molecule has 106 valence electrons. The molecule has 0 amide bonds. The fourth-order valence-electron chi connectivity index (χ4n) is 1.55. The number of hydrogen-bond acceptors (Lipinski definition) is 3. The van der Waals surface area contributed by atoms with Gasteiger partial charge in [0.2, 0.25) is 0 Å². The highest BCUT2D eigenvalue weighted by molar-refractivity contribution is 5.58. The lowest BCUT2D eigenvalue weighted by atomic mass is 10.1. The van der Waals surface area contributed by atoms with Crippen molar-refractivity contribution in [3.8, 4) is 17.1 Å². The average Bonchev–Trinajstić information content (AvgIpc) is 2.37. The van der Waals surface area contributed by atoms with E-state index in [1.54, 1.807) is 0 Å². The third kappa shape index (κ3) is 2.54. The minimum Gasteiger partial charge on any atom is -0.494 e. The van der Waals surface area contributed by atoms with Gasteiger partial charge in [0.05, 0.1) is 25.1 Å². The molecule has 0 radical (unpaired) electrons. The second-order valence-electron chi connectivity index (χ2n) is 3.73. The molecule has 1 aromatic carbocycles. The summed E-state index contributed by atoms with van der Waals surface area (Å²) in [5.74, 6) is -3.48. The van der Waals surface area contributed by atoms with Gasteiger partial charge in [0.25, 0.3) is 0 Å². The smallest absolute Gasteiger partial charge is 0.422 e. The van der Waals surface area contributed by atoms with Crippen molar-refractivity contribution in [2.45, 2.75) is 6.18 Å². The van der Waals surface area contributed by atoms with Crippen LogP contribution in [-0.4, -0.2) is 17.1 Å². The third-order valence-corrected chi connectivity index (χ3v) is 2.48. The van der Waals surface area contributed by atoms with Gasteiger partial charge in [0.15, 0.2) is 11.6 Å². The molecule has 0 aliphatic heterocycles. The molecule has 2 aromatic rings. The Morgan fingerprint density at radius 3 is 2.15 bits per heavy atom. The maximum absolute atomic E-state index is 13.8. The van der Waals surface area contributed by atoms with E-state index in [2.05, 4.69) is 9.97 Å². The van der Waals surface area contributed by atoms with Crippen LogP contribution in [0, 0.1) is 11.6 Å². The lowest BCUT2D eigenvalue weighted by molar-refractivity contribution is -0.142. The largest absolute Gasteiger partial charge is 0.494 e. The molecule has 0 unspecified atom stereocenters. The zero-order valence-electron chi connectivity index (χ0n) is 10.0. The SMILES string of the molecule is COc1cnc(-c2ccc(F)c(C(F)(F)F)c2F)nc1. The highest BCUT2D eigenvalue weighted by Crippen LogP contribution is 2.36. The number of rotatable bonds is 2. The van der Waals surface area contributed by atoms with Crippen molar-refractivity contribution in [3.63, 3.8) is 0 Å². The van der Waals surface area contributed by atoms with E-state index in [9.17, 15) is 22.0 Å². The van der Waals surface area contributed by atoms with Gasteiger partial charge in [0.1, 0.15) is 17.2 Å². The van der Waals surface area contributed by atoms with Crippen molar-refractivity contribution in [2.75, 3.05) is 7.11 Å². The summed E-state index contributed by atoms with van der Waals surface area (Å²) in [5, 5.41) is 0. The molecule has 1 heterocycles. The fourth-order valence-corrected chi connectivity index (χ4v) is 1.55. The van der Waals surface area contributed by atoms with Crippen LogP contribution in [0.15, 0.2) is 24.5 Å². The predicted molar refractivity (Wildman–Crippen MR) is 58.9 cm³/mol. The number of aromatic nitrogens is 2. The number of alkyl halides is 3. The normalized spacial score (nSPS) is 11.5. The molecule has 3 nitrogen and oxygen atoms in total. The summed E-state index contributed by atoms with van der Waals surface area (Å²) in [6, 6.07) is 1.37. The number of methoxy groups -OCH3 is 1. The Morgan fingerprint density at radius 1 is 1.05 bits per heavy atom. The van der Waals surface area contributed by atoms with E-state index in [0.717, 1.165) is 6.07 Å². The number of hydrogen-bond donors (Lipinski definition) is 0. The van der Waals surface area contributed by atoms with Gasteiger partial charge in [-0.05, 0) is 12.1 Å². The summed E-state index contributed by atoms with van der Waals surface area (Å²) in [4.78, 5) is 7.34. The molecule has 0 atom stereocenters. The summed E-state index contributed by atoms with van der Waals surface area (Å²) in [5.41, 5.74) is -2.50. The van der Waals surface area contributed by atoms with E-state index < -0.39 is 28.9 Å². The number of halogens is 5. The lowest BCUT2D eigenvalue weighted by Gasteiger charge is -2.11. The molecule has 0 aliphatic rings. The highest BCUT2D eigenvalue weighted by atomic mass is 19.4. The summed E-state index contributed by atoms with van der Waals surface area (Å²) in [6.07, 6.45) is -2.81. The topological polar surface area (TPSA) is 35.0 Å². The van der Waals surface area contributed by atoms with Crippen LogP contribution in [0.1, 0.15) is 5.56 Å². The molecule has 0 saturated heterocycles. The van der Waals surface area contributed by atoms with Crippen LogP contribution in [0.5, 0.6) is 5.75 Å². The summed E-state index contributed by atoms with van der Waals surface area (Å²) < 4.78 is 69.5. The van der Waals surface area contributed by atoms with E-state index >= 15 is 0 Å². The Labute approximate surface area is 110 Å². The first-order valence-electron chi connectivity index (χ1n) is 5.26. The van der Waals surface area contributed by atoms with E-state index in [0.29, 0.717) is 6.07 Å². The predicted octanol–water partition coefficient (Wildman–Crippen LogP) is 3.45. The third-order valence-electron chi connectivity index (χ3n) is 2.48. The van der Waals surface area contributed by atoms with Crippen LogP contribution in [0.2, 0.25) is 0 Å². The molecule has 2 rings (SSSR count). The van der Waals surface area contributed by atoms with Crippen LogP contribution in [0.3, 0.4) is 0 Å². The zero-order chi connectivity index (χ0) is 14.9. The highest BCUT2D eigenvalue weighted by Gasteiger charge is 2.39. The molecule has 1 aromatic heterocycles. The van der Waals surface area contributed by atoms with Gasteiger partial charge in [-0.1, -0.05) is 0 Å². The van der Waals surface area contributed by atoms with Gasteiger partial charge in [0, 0.05) is 0 Å². The van der Waals surface area contributed by atoms with E-state index in [1.807, 2.05) is 0 Å². The maximum atomic E-state index is 13.8. The second kappa shape index (κ2) is 5.03. The van der Waals surface area contributed by atoms with E-state index in [1.165, 1.54) is 19.5 Å². The lowest BCUT2D eigenvalue weighted by Crippen LogP contribution is -2.12. The van der Waals surface area contributed by atoms with Gasteiger partial charge in [-0.25, -0.2) is 18.7 Å². The van der Waals surface area contributed by atoms with Crippen LogP contribution < -0.4 is 4.74 Å². The van der Waals surface area contributed by atoms with Crippen molar-refractivity contribution < 1.29 is 26.7 Å². The average molecular weight is 290 g/mol. The number of benzene rings is 1. The first-order valence-corrected chi connectivity index (χ1v) is 5.26. The minimum absolute atomic E-state index is 0.257. The van der Waals surface area contributed by atoms with Gasteiger partial charge in [-0.2, -0.15) is 13.2 Å². The Kier molecular flexibility index (Phi) is 3.56. The zero-order valence-corrected chi connectivity index (χ0v) is 10.0. The summed E-state index contributed by atoms with van der Waals surface area (Å²) in [7, 11) is 1.35. The second-order valence-corrected chi connectivity index (χ2v) is 3.73. The van der Waals surface area contributed by atoms with Crippen LogP contribution in [0.4, 0.5) is 22.0 Å². The van der Waals surface area contributed by atoms with Crippen LogP contribution in [-0.2, 0) is 6.18 Å². The molecule has 0 bridgehead atoms. The van der Waals surface area contributed by atoms with Gasteiger partial charge in [-0.3, -0.25) is 0 Å². The van der Waals surface area contributed by atoms with Gasteiger partial charge < -0.3 is 4.74 Å². The quantitative estimate of drug-likeness (QED) is 0.795. The van der Waals surface area contributed by atoms with Crippen molar-refractivity contribution in [3.05, 3.63) is 41.7 Å². The minimum atomic E-state index is -5.14. The summed E-state index contributed by atoms with van der Waals surface area (Å²) >= 11 is 0. The Hall–Kier alpha value is -2.25. The molecule has 0 spiro atoms. The fraction of sp³-hybridized carbons (Fsp3) is 0.167. The Morgan fingerprint density at radius 2 is 1.65 bits per heavy atom. The molecular formula is C12H7F5N2O. The van der Waals surface area contributed by atoms with Crippen molar-refractivity contribution in [1.29, 1.82) is 0 Å². The molecule has 0 aliphatic carbocycles. The first-order chi connectivity index (χ1) is 9.34. The molecule has 0 fully saturated rings. The van der Waals surface area contributed by atoms with Crippen molar-refractivity contribution in [1.82, 2.24) is 9.97 Å². The van der Waals surface area contributed by atoms with Gasteiger partial charge in [-0.15, -0.1) is 0 Å². The molecule has 0 N–H and O–H groups in total. The van der Waals surface area contributed by atoms with Crippen LogP contribution >= 0.6 is 0 Å². The first kappa shape index (κ1) is 14.2. The van der Waals surface area contributed by atoms with E-state index in [-0.39, 0.29) is 11.6 Å². The van der Waals surface area contributed by atoms with Crippen molar-refractivity contribution in [2.24, 2.45) is 0 Å². The summed E-state index contributed by atoms with van der Waals surface area (Å²) in [6.45, 7) is 0. The molecule has 20 heavy (non-hydrogen) atoms.